The Bertz CT molecular complexity index is 588. The summed E-state index contributed by atoms with van der Waals surface area (Å²) >= 11 is 0. The normalized spacial score (nSPS) is 15.0. The largest absolute Gasteiger partial charge is 0.345 e. The first kappa shape index (κ1) is 22.5. The average Bonchev–Trinajstić information content (AvgIpc) is 2.67. The molecule has 0 atom stereocenters. The van der Waals surface area contributed by atoms with Crippen molar-refractivity contribution in [2.45, 2.75) is 64.3 Å². The van der Waals surface area contributed by atoms with E-state index in [0.717, 1.165) is 38.5 Å². The second-order valence-electron chi connectivity index (χ2n) is 7.05. The zero-order valence-electron chi connectivity index (χ0n) is 15.8. The molecule has 146 valence electrons. The van der Waals surface area contributed by atoms with Gasteiger partial charge in [0, 0.05) is 23.7 Å². The van der Waals surface area contributed by atoms with E-state index in [0.29, 0.717) is 17.8 Å². The zero-order chi connectivity index (χ0) is 18.3. The lowest BCUT2D eigenvalue weighted by molar-refractivity contribution is -0.120. The Hall–Kier alpha value is -1.59. The van der Waals surface area contributed by atoms with Crippen molar-refractivity contribution in [3.63, 3.8) is 0 Å². The van der Waals surface area contributed by atoms with E-state index >= 15 is 0 Å². The first-order valence-corrected chi connectivity index (χ1v) is 9.47. The molecule has 1 saturated carbocycles. The van der Waals surface area contributed by atoms with Gasteiger partial charge in [-0.25, -0.2) is 0 Å². The summed E-state index contributed by atoms with van der Waals surface area (Å²) in [5.74, 6) is 0.00917. The highest BCUT2D eigenvalue weighted by Crippen LogP contribution is 2.25. The highest BCUT2D eigenvalue weighted by molar-refractivity contribution is 5.98. The maximum Gasteiger partial charge on any atom is 0.251 e. The number of hydrogen-bond acceptors (Lipinski definition) is 3. The quantitative estimate of drug-likeness (QED) is 0.670. The van der Waals surface area contributed by atoms with Gasteiger partial charge in [0.1, 0.15) is 0 Å². The van der Waals surface area contributed by atoms with Crippen LogP contribution >= 0.6 is 12.4 Å². The van der Waals surface area contributed by atoms with Gasteiger partial charge in [-0.1, -0.05) is 39.2 Å². The molecule has 0 spiro atoms. The van der Waals surface area contributed by atoms with Gasteiger partial charge in [-0.2, -0.15) is 0 Å². The van der Waals surface area contributed by atoms with Crippen molar-refractivity contribution < 1.29 is 9.59 Å². The molecule has 5 nitrogen and oxygen atoms in total. The van der Waals surface area contributed by atoms with Crippen LogP contribution in [0.15, 0.2) is 24.3 Å². The highest BCUT2D eigenvalue weighted by Gasteiger charge is 2.27. The molecule has 0 radical (unpaired) electrons. The first-order valence-electron chi connectivity index (χ1n) is 9.47. The summed E-state index contributed by atoms with van der Waals surface area (Å²) in [5, 5.41) is 6.03. The molecular weight excluding hydrogens is 350 g/mol. The lowest BCUT2D eigenvalue weighted by Gasteiger charge is -2.31. The highest BCUT2D eigenvalue weighted by atomic mass is 35.5. The van der Waals surface area contributed by atoms with Gasteiger partial charge in [0.2, 0.25) is 5.91 Å². The number of carbonyl (C=O) groups excluding carboxylic acids is 2. The van der Waals surface area contributed by atoms with Gasteiger partial charge in [-0.3, -0.25) is 9.59 Å². The number of halogens is 1. The van der Waals surface area contributed by atoms with Crippen LogP contribution in [0.2, 0.25) is 0 Å². The third-order valence-corrected chi connectivity index (χ3v) is 5.49. The van der Waals surface area contributed by atoms with E-state index < -0.39 is 0 Å². The van der Waals surface area contributed by atoms with E-state index in [1.165, 1.54) is 6.42 Å². The number of benzene rings is 1. The van der Waals surface area contributed by atoms with Gasteiger partial charge in [0.25, 0.3) is 5.91 Å². The molecule has 2 amide bonds. The van der Waals surface area contributed by atoms with Crippen LogP contribution in [0.1, 0.15) is 69.2 Å². The number of nitrogens with one attached hydrogen (secondary N) is 2. The Morgan fingerprint density at radius 3 is 2.38 bits per heavy atom. The Balaban J connectivity index is 0.00000338. The third-order valence-electron chi connectivity index (χ3n) is 5.49. The Morgan fingerprint density at radius 2 is 1.81 bits per heavy atom. The number of amides is 2. The van der Waals surface area contributed by atoms with Crippen molar-refractivity contribution in [1.29, 1.82) is 0 Å². The Kier molecular flexibility index (Phi) is 9.09. The van der Waals surface area contributed by atoms with E-state index in [9.17, 15) is 9.59 Å². The fourth-order valence-corrected chi connectivity index (χ4v) is 3.43. The Labute approximate surface area is 162 Å². The van der Waals surface area contributed by atoms with Crippen LogP contribution in [-0.2, 0) is 4.79 Å². The molecule has 0 bridgehead atoms. The number of anilines is 1. The molecule has 1 aromatic carbocycles. The Morgan fingerprint density at radius 1 is 1.15 bits per heavy atom. The monoisotopic (exact) mass is 381 g/mol. The molecule has 1 aromatic rings. The van der Waals surface area contributed by atoms with Gasteiger partial charge in [0.15, 0.2) is 0 Å². The molecule has 0 aliphatic heterocycles. The van der Waals surface area contributed by atoms with Crippen molar-refractivity contribution >= 4 is 29.9 Å². The lowest BCUT2D eigenvalue weighted by Crippen LogP contribution is -2.52. The maximum atomic E-state index is 12.6. The fraction of sp³-hybridized carbons (Fsp3) is 0.600. The molecule has 0 unspecified atom stereocenters. The second-order valence-corrected chi connectivity index (χ2v) is 7.05. The van der Waals surface area contributed by atoms with Crippen molar-refractivity contribution in [3.8, 4) is 0 Å². The van der Waals surface area contributed by atoms with Gasteiger partial charge < -0.3 is 16.4 Å². The summed E-state index contributed by atoms with van der Waals surface area (Å²) < 4.78 is 0. The summed E-state index contributed by atoms with van der Waals surface area (Å²) in [7, 11) is 0. The van der Waals surface area contributed by atoms with Crippen LogP contribution in [0.5, 0.6) is 0 Å². The van der Waals surface area contributed by atoms with Crippen molar-refractivity contribution in [3.05, 3.63) is 29.8 Å². The van der Waals surface area contributed by atoms with E-state index in [-0.39, 0.29) is 35.7 Å². The van der Waals surface area contributed by atoms with Crippen LogP contribution < -0.4 is 16.4 Å². The third kappa shape index (κ3) is 5.71. The van der Waals surface area contributed by atoms with Crippen molar-refractivity contribution in [2.75, 3.05) is 11.9 Å². The average molecular weight is 382 g/mol. The number of nitrogens with two attached hydrogens (primary N) is 1. The molecule has 0 heterocycles. The number of carbonyl (C=O) groups is 2. The smallest absolute Gasteiger partial charge is 0.251 e. The van der Waals surface area contributed by atoms with Gasteiger partial charge in [-0.15, -0.1) is 12.4 Å². The number of hydrogen-bond donors (Lipinski definition) is 3. The zero-order valence-corrected chi connectivity index (χ0v) is 16.7. The van der Waals surface area contributed by atoms with Crippen LogP contribution in [-0.4, -0.2) is 23.9 Å². The molecule has 0 saturated heterocycles. The second kappa shape index (κ2) is 10.5. The summed E-state index contributed by atoms with van der Waals surface area (Å²) in [6.45, 7) is 4.46. The van der Waals surface area contributed by atoms with E-state index in [1.807, 2.05) is 19.9 Å². The van der Waals surface area contributed by atoms with Gasteiger partial charge >= 0.3 is 0 Å². The summed E-state index contributed by atoms with van der Waals surface area (Å²) in [6, 6.07) is 7.13. The molecule has 2 rings (SSSR count). The lowest BCUT2D eigenvalue weighted by atomic mass is 9.88. The molecule has 1 fully saturated rings. The van der Waals surface area contributed by atoms with Crippen LogP contribution in [0.25, 0.3) is 0 Å². The van der Waals surface area contributed by atoms with E-state index in [1.54, 1.807) is 18.2 Å². The summed E-state index contributed by atoms with van der Waals surface area (Å²) in [5.41, 5.74) is 6.70. The molecule has 4 N–H and O–H groups in total. The van der Waals surface area contributed by atoms with Crippen LogP contribution in [0.4, 0.5) is 5.69 Å². The van der Waals surface area contributed by atoms with Crippen LogP contribution in [0, 0.1) is 5.92 Å². The topological polar surface area (TPSA) is 84.2 Å². The van der Waals surface area contributed by atoms with Gasteiger partial charge in [-0.05, 0) is 43.9 Å². The molecule has 26 heavy (non-hydrogen) atoms. The molecular formula is C20H32ClN3O2. The summed E-state index contributed by atoms with van der Waals surface area (Å²) in [4.78, 5) is 25.0. The predicted molar refractivity (Wildman–Crippen MR) is 109 cm³/mol. The van der Waals surface area contributed by atoms with E-state index in [2.05, 4.69) is 10.6 Å². The SMILES string of the molecule is CCC(CC)(CN)NC(=O)c1cccc(NC(=O)C2CCCCC2)c1.Cl. The predicted octanol–water partition coefficient (Wildman–Crippen LogP) is 3.87. The van der Waals surface area contributed by atoms with E-state index in [4.69, 9.17) is 5.73 Å². The number of rotatable bonds is 7. The van der Waals surface area contributed by atoms with Crippen molar-refractivity contribution in [1.82, 2.24) is 5.32 Å². The minimum atomic E-state index is -0.377. The summed E-state index contributed by atoms with van der Waals surface area (Å²) in [6.07, 6.45) is 6.94. The molecule has 1 aliphatic rings. The van der Waals surface area contributed by atoms with Crippen LogP contribution in [0.3, 0.4) is 0 Å². The fourth-order valence-electron chi connectivity index (χ4n) is 3.43. The first-order chi connectivity index (χ1) is 12.0. The molecule has 6 heteroatoms. The molecule has 0 aromatic heterocycles. The maximum absolute atomic E-state index is 12.6. The van der Waals surface area contributed by atoms with Crippen molar-refractivity contribution in [2.24, 2.45) is 11.7 Å². The standard InChI is InChI=1S/C20H31N3O2.ClH/c1-3-20(4-2,14-21)23-19(25)16-11-8-12-17(13-16)22-18(24)15-9-6-5-7-10-15;/h8,11-13,15H,3-7,9-10,14,21H2,1-2H3,(H,22,24)(H,23,25);1H. The van der Waals surface area contributed by atoms with Gasteiger partial charge in [0.05, 0.1) is 5.54 Å². The minimum Gasteiger partial charge on any atom is -0.345 e. The molecule has 1 aliphatic carbocycles. The minimum absolute atomic E-state index is 0.